The Bertz CT molecular complexity index is 91.2. The van der Waals surface area contributed by atoms with E-state index >= 15 is 0 Å². The van der Waals surface area contributed by atoms with E-state index in [0.717, 1.165) is 19.6 Å². The molecule has 0 aromatic carbocycles. The highest BCUT2D eigenvalue weighted by molar-refractivity contribution is 5.27. The lowest BCUT2D eigenvalue weighted by Gasteiger charge is -2.36. The summed E-state index contributed by atoms with van der Waals surface area (Å²) in [4.78, 5) is 3.97. The summed E-state index contributed by atoms with van der Waals surface area (Å²) >= 11 is 0. The fourth-order valence-electron chi connectivity index (χ4n) is 0.745. The van der Waals surface area contributed by atoms with Crippen LogP contribution in [0.2, 0.25) is 0 Å². The molecule has 2 heteroatoms. The second-order valence-electron chi connectivity index (χ2n) is 2.23. The summed E-state index contributed by atoms with van der Waals surface area (Å²) in [7, 11) is 0. The number of hydrogen-bond donors (Lipinski definition) is 0. The summed E-state index contributed by atoms with van der Waals surface area (Å²) in [5.41, 5.74) is 0.0972. The summed E-state index contributed by atoms with van der Waals surface area (Å²) in [6.07, 6.45) is 1.05. The molecule has 46 valence electrons. The molecular formula is C6H11NO. The Morgan fingerprint density at radius 3 is 2.38 bits per heavy atom. The van der Waals surface area contributed by atoms with E-state index in [4.69, 9.17) is 4.74 Å². The van der Waals surface area contributed by atoms with Crippen molar-refractivity contribution in [2.75, 3.05) is 13.2 Å². The van der Waals surface area contributed by atoms with Crippen molar-refractivity contribution < 1.29 is 4.74 Å². The molecule has 1 rings (SSSR count). The van der Waals surface area contributed by atoms with Crippen molar-refractivity contribution in [1.29, 1.82) is 0 Å². The van der Waals surface area contributed by atoms with Gasteiger partial charge in [-0.15, -0.1) is 0 Å². The van der Waals surface area contributed by atoms with Gasteiger partial charge < -0.3 is 4.74 Å². The zero-order chi connectivity index (χ0) is 6.04. The van der Waals surface area contributed by atoms with Gasteiger partial charge in [-0.2, -0.15) is 0 Å². The monoisotopic (exact) mass is 113 g/mol. The predicted octanol–water partition coefficient (Wildman–Crippen LogP) is 0.866. The van der Waals surface area contributed by atoms with Crippen LogP contribution in [0.3, 0.4) is 0 Å². The van der Waals surface area contributed by atoms with Crippen LogP contribution < -0.4 is 0 Å². The van der Waals surface area contributed by atoms with Gasteiger partial charge in [0.05, 0.1) is 13.2 Å². The Morgan fingerprint density at radius 2 is 2.38 bits per heavy atom. The van der Waals surface area contributed by atoms with Gasteiger partial charge in [0.25, 0.3) is 0 Å². The van der Waals surface area contributed by atoms with Crippen LogP contribution >= 0.6 is 0 Å². The molecule has 0 spiro atoms. The van der Waals surface area contributed by atoms with E-state index in [2.05, 4.69) is 18.6 Å². The molecule has 1 aliphatic heterocycles. The summed E-state index contributed by atoms with van der Waals surface area (Å²) < 4.78 is 4.99. The molecule has 8 heavy (non-hydrogen) atoms. The first-order valence-electron chi connectivity index (χ1n) is 2.88. The predicted molar refractivity (Wildman–Crippen MR) is 33.4 cm³/mol. The van der Waals surface area contributed by atoms with Crippen LogP contribution in [0.1, 0.15) is 13.3 Å². The van der Waals surface area contributed by atoms with Crippen LogP contribution in [0.4, 0.5) is 0 Å². The number of aliphatic imine (C=N–C) groups is 1. The van der Waals surface area contributed by atoms with Crippen LogP contribution in [-0.4, -0.2) is 25.5 Å². The van der Waals surface area contributed by atoms with Crippen LogP contribution in [-0.2, 0) is 4.74 Å². The fourth-order valence-corrected chi connectivity index (χ4v) is 0.745. The first-order chi connectivity index (χ1) is 3.83. The van der Waals surface area contributed by atoms with Gasteiger partial charge in [0.1, 0.15) is 5.54 Å². The van der Waals surface area contributed by atoms with Crippen LogP contribution in [0.25, 0.3) is 0 Å². The fraction of sp³-hybridized carbons (Fsp3) is 0.833. The van der Waals surface area contributed by atoms with Crippen LogP contribution in [0.5, 0.6) is 0 Å². The molecule has 0 aliphatic carbocycles. The highest BCUT2D eigenvalue weighted by Gasteiger charge is 2.34. The molecule has 0 bridgehead atoms. The van der Waals surface area contributed by atoms with E-state index in [9.17, 15) is 0 Å². The van der Waals surface area contributed by atoms with Gasteiger partial charge >= 0.3 is 0 Å². The normalized spacial score (nSPS) is 24.1. The Labute approximate surface area is 49.6 Å². The van der Waals surface area contributed by atoms with Gasteiger partial charge in [0.2, 0.25) is 0 Å². The topological polar surface area (TPSA) is 21.6 Å². The largest absolute Gasteiger partial charge is 0.376 e. The van der Waals surface area contributed by atoms with Gasteiger partial charge in [-0.1, -0.05) is 6.92 Å². The van der Waals surface area contributed by atoms with Gasteiger partial charge in [-0.25, -0.2) is 0 Å². The van der Waals surface area contributed by atoms with Crippen LogP contribution in [0.15, 0.2) is 4.99 Å². The molecule has 0 radical (unpaired) electrons. The molecule has 0 N–H and O–H groups in total. The zero-order valence-corrected chi connectivity index (χ0v) is 5.18. The molecule has 1 aliphatic rings. The Kier molecular flexibility index (Phi) is 1.34. The lowest BCUT2D eigenvalue weighted by molar-refractivity contribution is -0.0528. The van der Waals surface area contributed by atoms with Crippen molar-refractivity contribution in [2.45, 2.75) is 18.9 Å². The SMILES string of the molecule is C=NC1(CC)COC1. The maximum Gasteiger partial charge on any atom is 0.106 e. The Balaban J connectivity index is 2.45. The lowest BCUT2D eigenvalue weighted by Crippen LogP contribution is -2.47. The summed E-state index contributed by atoms with van der Waals surface area (Å²) in [5, 5.41) is 0. The number of ether oxygens (including phenoxy) is 1. The third-order valence-electron chi connectivity index (χ3n) is 1.73. The molecule has 0 unspecified atom stereocenters. The smallest absolute Gasteiger partial charge is 0.106 e. The second kappa shape index (κ2) is 1.86. The molecule has 0 amide bonds. The highest BCUT2D eigenvalue weighted by Crippen LogP contribution is 2.24. The van der Waals surface area contributed by atoms with Gasteiger partial charge in [-0.3, -0.25) is 4.99 Å². The molecular weight excluding hydrogens is 102 g/mol. The summed E-state index contributed by atoms with van der Waals surface area (Å²) in [5.74, 6) is 0. The van der Waals surface area contributed by atoms with E-state index in [0.29, 0.717) is 0 Å². The van der Waals surface area contributed by atoms with E-state index in [1.54, 1.807) is 0 Å². The number of nitrogens with zero attached hydrogens (tertiary/aromatic N) is 1. The standard InChI is InChI=1S/C6H11NO/c1-3-6(7-2)4-8-5-6/h2-5H2,1H3. The van der Waals surface area contributed by atoms with Crippen molar-refractivity contribution in [3.05, 3.63) is 0 Å². The molecule has 0 atom stereocenters. The summed E-state index contributed by atoms with van der Waals surface area (Å²) in [6, 6.07) is 0. The molecule has 0 aromatic heterocycles. The first-order valence-corrected chi connectivity index (χ1v) is 2.88. The van der Waals surface area contributed by atoms with Gasteiger partial charge in [0, 0.05) is 0 Å². The minimum Gasteiger partial charge on any atom is -0.376 e. The van der Waals surface area contributed by atoms with Gasteiger partial charge in [0.15, 0.2) is 0 Å². The minimum absolute atomic E-state index is 0.0972. The third-order valence-corrected chi connectivity index (χ3v) is 1.73. The highest BCUT2D eigenvalue weighted by atomic mass is 16.5. The zero-order valence-electron chi connectivity index (χ0n) is 5.18. The van der Waals surface area contributed by atoms with Crippen molar-refractivity contribution >= 4 is 6.72 Å². The van der Waals surface area contributed by atoms with Crippen molar-refractivity contribution in [1.82, 2.24) is 0 Å². The lowest BCUT2D eigenvalue weighted by atomic mass is 9.95. The first kappa shape index (κ1) is 5.76. The number of rotatable bonds is 2. The van der Waals surface area contributed by atoms with E-state index in [-0.39, 0.29) is 5.54 Å². The molecule has 1 fully saturated rings. The van der Waals surface area contributed by atoms with Crippen molar-refractivity contribution in [3.8, 4) is 0 Å². The van der Waals surface area contributed by atoms with Crippen LogP contribution in [0, 0.1) is 0 Å². The molecule has 2 nitrogen and oxygen atoms in total. The van der Waals surface area contributed by atoms with Crippen molar-refractivity contribution in [2.24, 2.45) is 4.99 Å². The third kappa shape index (κ3) is 0.650. The van der Waals surface area contributed by atoms with Gasteiger partial charge in [-0.05, 0) is 13.1 Å². The minimum atomic E-state index is 0.0972. The summed E-state index contributed by atoms with van der Waals surface area (Å²) in [6.45, 7) is 7.15. The Hall–Kier alpha value is -0.370. The maximum absolute atomic E-state index is 4.99. The van der Waals surface area contributed by atoms with E-state index in [1.807, 2.05) is 0 Å². The average molecular weight is 113 g/mol. The van der Waals surface area contributed by atoms with E-state index in [1.165, 1.54) is 0 Å². The maximum atomic E-state index is 4.99. The average Bonchev–Trinajstić information content (AvgIpc) is 1.67. The second-order valence-corrected chi connectivity index (χ2v) is 2.23. The molecule has 1 saturated heterocycles. The molecule has 0 saturated carbocycles. The Morgan fingerprint density at radius 1 is 1.75 bits per heavy atom. The molecule has 0 aromatic rings. The molecule has 1 heterocycles. The van der Waals surface area contributed by atoms with E-state index < -0.39 is 0 Å². The quantitative estimate of drug-likeness (QED) is 0.487. The van der Waals surface area contributed by atoms with Crippen molar-refractivity contribution in [3.63, 3.8) is 0 Å². The number of hydrogen-bond acceptors (Lipinski definition) is 2.